The summed E-state index contributed by atoms with van der Waals surface area (Å²) in [6.45, 7) is 0. The van der Waals surface area contributed by atoms with E-state index in [0.717, 1.165) is 0 Å². The van der Waals surface area contributed by atoms with Gasteiger partial charge in [-0.2, -0.15) is 4.90 Å². The van der Waals surface area contributed by atoms with E-state index in [1.54, 1.807) is 12.1 Å². The van der Waals surface area contributed by atoms with Crippen LogP contribution in [-0.4, -0.2) is 46.5 Å². The number of amides is 4. The number of primary amides is 1. The standard InChI is InChI=1S/C24H18BrIN2O7/c1-35-16-5-8(4-14(26)21(16)31)17-9-2-3-10-18(23(33)28(22(10)32)24(27)34)11(9)6-12-19(17)15(29)7-13(25)20(12)30/h2,4-5,7,10-11,17-18,31H,3,6H2,1H3,(H2,27,34). The van der Waals surface area contributed by atoms with Crippen LogP contribution in [0.5, 0.6) is 11.5 Å². The second-order valence-electron chi connectivity index (χ2n) is 8.80. The van der Waals surface area contributed by atoms with E-state index in [0.29, 0.717) is 25.2 Å². The van der Waals surface area contributed by atoms with Crippen LogP contribution in [-0.2, 0) is 19.2 Å². The van der Waals surface area contributed by atoms with Crippen LogP contribution in [0.25, 0.3) is 0 Å². The summed E-state index contributed by atoms with van der Waals surface area (Å²) in [5, 5.41) is 10.4. The third-order valence-electron chi connectivity index (χ3n) is 7.16. The molecule has 5 rings (SSSR count). The molecule has 3 N–H and O–H groups in total. The van der Waals surface area contributed by atoms with Gasteiger partial charge in [0, 0.05) is 23.1 Å². The highest BCUT2D eigenvalue weighted by molar-refractivity contribution is 14.1. The Kier molecular flexibility index (Phi) is 5.74. The number of allylic oxidation sites excluding steroid dienone is 6. The second-order valence-corrected chi connectivity index (χ2v) is 10.8. The number of halogens is 2. The fourth-order valence-corrected chi connectivity index (χ4v) is 6.79. The van der Waals surface area contributed by atoms with E-state index in [1.807, 2.05) is 28.7 Å². The van der Waals surface area contributed by atoms with Crippen molar-refractivity contribution in [2.24, 2.45) is 23.5 Å². The molecular formula is C24H18BrIN2O7. The lowest BCUT2D eigenvalue weighted by Gasteiger charge is -2.42. The molecule has 0 spiro atoms. The van der Waals surface area contributed by atoms with Crippen LogP contribution in [0.15, 0.2) is 45.5 Å². The zero-order valence-corrected chi connectivity index (χ0v) is 22.0. The number of carbonyl (C=O) groups excluding carboxylic acids is 5. The van der Waals surface area contributed by atoms with E-state index in [9.17, 15) is 29.1 Å². The Morgan fingerprint density at radius 2 is 1.91 bits per heavy atom. The predicted octanol–water partition coefficient (Wildman–Crippen LogP) is 2.85. The number of nitrogens with zero attached hydrogens (tertiary/aromatic N) is 1. The lowest BCUT2D eigenvalue weighted by atomic mass is 9.59. The number of imide groups is 3. The second kappa shape index (κ2) is 8.40. The summed E-state index contributed by atoms with van der Waals surface area (Å²) < 4.78 is 5.91. The molecule has 180 valence electrons. The largest absolute Gasteiger partial charge is 0.504 e. The maximum absolute atomic E-state index is 13.2. The van der Waals surface area contributed by atoms with E-state index < -0.39 is 41.5 Å². The Morgan fingerprint density at radius 3 is 2.57 bits per heavy atom. The number of phenolic OH excluding ortho intramolecular Hbond substituents is 1. The number of urea groups is 1. The van der Waals surface area contributed by atoms with Gasteiger partial charge >= 0.3 is 6.03 Å². The van der Waals surface area contributed by atoms with Crippen LogP contribution in [0.1, 0.15) is 24.3 Å². The van der Waals surface area contributed by atoms with Gasteiger partial charge in [-0.05, 0) is 75.0 Å². The van der Waals surface area contributed by atoms with Crippen molar-refractivity contribution in [1.29, 1.82) is 0 Å². The van der Waals surface area contributed by atoms with Crippen molar-refractivity contribution in [2.75, 3.05) is 7.11 Å². The van der Waals surface area contributed by atoms with Gasteiger partial charge < -0.3 is 15.6 Å². The first-order valence-corrected chi connectivity index (χ1v) is 12.6. The van der Waals surface area contributed by atoms with Gasteiger partial charge in [-0.25, -0.2) is 4.79 Å². The zero-order chi connectivity index (χ0) is 25.3. The molecule has 4 unspecified atom stereocenters. The van der Waals surface area contributed by atoms with Crippen LogP contribution in [0.3, 0.4) is 0 Å². The first kappa shape index (κ1) is 23.9. The average molecular weight is 653 g/mol. The summed E-state index contributed by atoms with van der Waals surface area (Å²) in [4.78, 5) is 64.7. The van der Waals surface area contributed by atoms with Crippen molar-refractivity contribution in [3.05, 3.63) is 54.6 Å². The Labute approximate surface area is 221 Å². The Morgan fingerprint density at radius 1 is 1.20 bits per heavy atom. The maximum atomic E-state index is 13.2. The molecule has 0 bridgehead atoms. The molecular weight excluding hydrogens is 635 g/mol. The molecule has 1 aromatic carbocycles. The predicted molar refractivity (Wildman–Crippen MR) is 133 cm³/mol. The van der Waals surface area contributed by atoms with Crippen LogP contribution < -0.4 is 10.5 Å². The summed E-state index contributed by atoms with van der Waals surface area (Å²) in [7, 11) is 1.41. The number of rotatable bonds is 2. The van der Waals surface area contributed by atoms with Gasteiger partial charge in [-0.1, -0.05) is 11.6 Å². The number of phenols is 1. The molecule has 35 heavy (non-hydrogen) atoms. The highest BCUT2D eigenvalue weighted by atomic mass is 127. The maximum Gasteiger partial charge on any atom is 0.328 e. The molecule has 1 fully saturated rings. The molecule has 3 aliphatic carbocycles. The molecule has 4 atom stereocenters. The zero-order valence-electron chi connectivity index (χ0n) is 18.2. The molecule has 1 saturated heterocycles. The number of fused-ring (bicyclic) bond motifs is 3. The van der Waals surface area contributed by atoms with Crippen LogP contribution in [0.4, 0.5) is 4.79 Å². The lowest BCUT2D eigenvalue weighted by molar-refractivity contribution is -0.136. The number of hydrogen-bond acceptors (Lipinski definition) is 7. The van der Waals surface area contributed by atoms with Crippen molar-refractivity contribution in [2.45, 2.75) is 18.8 Å². The van der Waals surface area contributed by atoms with Crippen LogP contribution in [0, 0.1) is 21.3 Å². The number of aromatic hydroxyl groups is 1. The molecule has 1 heterocycles. The number of ketones is 2. The fourth-order valence-electron chi connectivity index (χ4n) is 5.72. The number of methoxy groups -OCH3 is 1. The monoisotopic (exact) mass is 652 g/mol. The van der Waals surface area contributed by atoms with Crippen molar-refractivity contribution < 1.29 is 33.8 Å². The number of benzene rings is 1. The first-order chi connectivity index (χ1) is 16.6. The summed E-state index contributed by atoms with van der Waals surface area (Å²) >= 11 is 5.12. The summed E-state index contributed by atoms with van der Waals surface area (Å²) in [6, 6.07) is 2.17. The van der Waals surface area contributed by atoms with Crippen LogP contribution >= 0.6 is 38.5 Å². The van der Waals surface area contributed by atoms with E-state index in [4.69, 9.17) is 10.5 Å². The van der Waals surface area contributed by atoms with Gasteiger partial charge in [-0.3, -0.25) is 19.2 Å². The molecule has 0 radical (unpaired) electrons. The molecule has 11 heteroatoms. The topological polar surface area (TPSA) is 144 Å². The number of nitrogens with two attached hydrogens (primary N) is 1. The first-order valence-electron chi connectivity index (χ1n) is 10.7. The highest BCUT2D eigenvalue weighted by Gasteiger charge is 2.57. The van der Waals surface area contributed by atoms with Crippen molar-refractivity contribution >= 4 is 67.9 Å². The smallest absolute Gasteiger partial charge is 0.328 e. The molecule has 4 amide bonds. The molecule has 1 aliphatic heterocycles. The Hall–Kier alpha value is -2.80. The fraction of sp³-hybridized carbons (Fsp3) is 0.292. The minimum atomic E-state index is -1.13. The lowest BCUT2D eigenvalue weighted by Crippen LogP contribution is -2.42. The third-order valence-corrected chi connectivity index (χ3v) is 8.57. The normalized spacial score (nSPS) is 27.8. The summed E-state index contributed by atoms with van der Waals surface area (Å²) in [5.74, 6) is -4.84. The highest BCUT2D eigenvalue weighted by Crippen LogP contribution is 2.56. The number of carbonyl (C=O) groups is 5. The van der Waals surface area contributed by atoms with Gasteiger partial charge in [0.1, 0.15) is 0 Å². The van der Waals surface area contributed by atoms with E-state index in [-0.39, 0.29) is 46.0 Å². The van der Waals surface area contributed by atoms with Crippen molar-refractivity contribution in [1.82, 2.24) is 4.90 Å². The number of ether oxygens (including phenoxy) is 1. The minimum absolute atomic E-state index is 0.0570. The number of hydrogen-bond donors (Lipinski definition) is 2. The van der Waals surface area contributed by atoms with Gasteiger partial charge in [0.15, 0.2) is 23.1 Å². The molecule has 0 saturated carbocycles. The van der Waals surface area contributed by atoms with E-state index in [2.05, 4.69) is 15.9 Å². The van der Waals surface area contributed by atoms with Gasteiger partial charge in [0.05, 0.1) is 27.0 Å². The van der Waals surface area contributed by atoms with Crippen molar-refractivity contribution in [3.63, 3.8) is 0 Å². The van der Waals surface area contributed by atoms with Crippen molar-refractivity contribution in [3.8, 4) is 11.5 Å². The molecule has 4 aliphatic rings. The number of likely N-dealkylation sites (tertiary alicyclic amines) is 1. The quantitative estimate of drug-likeness (QED) is 0.216. The van der Waals surface area contributed by atoms with Gasteiger partial charge in [0.25, 0.3) is 0 Å². The molecule has 9 nitrogen and oxygen atoms in total. The number of Topliss-reactive ketones (excluding diaryl/α,β-unsaturated/α-hetero) is 1. The summed E-state index contributed by atoms with van der Waals surface area (Å²) in [5.41, 5.74) is 7.19. The third kappa shape index (κ3) is 3.42. The summed E-state index contributed by atoms with van der Waals surface area (Å²) in [6.07, 6.45) is 3.33. The molecule has 0 aromatic heterocycles. The molecule has 1 aromatic rings. The van der Waals surface area contributed by atoms with Gasteiger partial charge in [0.2, 0.25) is 11.8 Å². The van der Waals surface area contributed by atoms with E-state index in [1.165, 1.54) is 13.2 Å². The minimum Gasteiger partial charge on any atom is -0.504 e. The Bertz CT molecular complexity index is 1360. The SMILES string of the molecule is COc1cc(C2C3=CCC4C(=O)N(C(N)=O)C(=O)C4C3CC3=C2C(=O)C=C(Br)C3=O)cc(I)c1O. The Balaban J connectivity index is 1.73. The van der Waals surface area contributed by atoms with E-state index >= 15 is 0 Å². The van der Waals surface area contributed by atoms with Gasteiger partial charge in [-0.15, -0.1) is 0 Å². The average Bonchev–Trinajstić information content (AvgIpc) is 3.08. The van der Waals surface area contributed by atoms with Crippen LogP contribution in [0.2, 0.25) is 0 Å².